The molecule has 2 atom stereocenters. The van der Waals surface area contributed by atoms with Crippen LogP contribution in [0.1, 0.15) is 36.1 Å². The van der Waals surface area contributed by atoms with Crippen molar-refractivity contribution in [3.05, 3.63) is 22.3 Å². The maximum absolute atomic E-state index is 13.5. The Morgan fingerprint density at radius 3 is 0.545 bits per heavy atom. The van der Waals surface area contributed by atoms with Crippen molar-refractivity contribution in [2.24, 2.45) is 5.92 Å². The van der Waals surface area contributed by atoms with Crippen molar-refractivity contribution in [2.75, 3.05) is 0 Å². The zero-order valence-electron chi connectivity index (χ0n) is 33.9. The van der Waals surface area contributed by atoms with E-state index in [9.17, 15) is 5.11 Å². The second-order valence-corrected chi connectivity index (χ2v) is 25.1. The predicted octanol–water partition coefficient (Wildman–Crippen LogP) is 16.6. The van der Waals surface area contributed by atoms with Crippen LogP contribution in [0, 0.1) is 5.92 Å². The van der Waals surface area contributed by atoms with Crippen LogP contribution in [0.3, 0.4) is 0 Å². The first-order valence-electron chi connectivity index (χ1n) is 24.8. The molecular weight excluding hydrogens is 801 g/mol. The largest absolute Gasteiger partial charge is 0.365 e. The van der Waals surface area contributed by atoms with Crippen LogP contribution >= 0.6 is 0 Å². The lowest BCUT2D eigenvalue weighted by molar-refractivity contribution is -0.216. The molecule has 0 aromatic heterocycles. The first-order chi connectivity index (χ1) is 32.6. The molecule has 1 aliphatic heterocycles. The van der Waals surface area contributed by atoms with Crippen molar-refractivity contribution < 1.29 is 9.84 Å². The number of rotatable bonds is 0. The fraction of sp³-hybridized carbons (Fsp3) is 0.0938. The van der Waals surface area contributed by atoms with E-state index < -0.39 is 16.8 Å². The van der Waals surface area contributed by atoms with Gasteiger partial charge in [0.1, 0.15) is 5.60 Å². The van der Waals surface area contributed by atoms with Crippen LogP contribution in [0.5, 0.6) is 0 Å². The summed E-state index contributed by atoms with van der Waals surface area (Å²) in [6.07, 6.45) is 0. The Bertz CT molecular complexity index is 6880. The highest BCUT2D eigenvalue weighted by molar-refractivity contribution is 6.82. The summed E-state index contributed by atoms with van der Waals surface area (Å²) in [5.41, 5.74) is 4.61. The Hall–Kier alpha value is -7.62. The first-order valence-corrected chi connectivity index (χ1v) is 24.8. The molecule has 0 unspecified atom stereocenters. The molecule has 1 N–H and O–H groups in total. The SMILES string of the molecule is C[C@@H]1C23c4c5c6c7c8c9c(c%10c%11c2c2c4c4c%12c5c5c6c6c8c8c%13c9c9c%10c%10c%11c%11c2c2c4c4c%12c%12c5c5c6c8c6c8c%13c9c9c%10c%10c%11c2c2c4c4c%12c5c6c5c8c9c%10c2c45)C73O[C@]1(C)O. The maximum Gasteiger partial charge on any atom is 0.168 e. The summed E-state index contributed by atoms with van der Waals surface area (Å²) in [7, 11) is 0. The van der Waals surface area contributed by atoms with Gasteiger partial charge in [0.05, 0.1) is 5.41 Å². The summed E-state index contributed by atoms with van der Waals surface area (Å²) < 4.78 is 8.20. The van der Waals surface area contributed by atoms with E-state index in [4.69, 9.17) is 4.74 Å². The normalized spacial score (nSPS) is 26.7. The number of hydrogen-bond acceptors (Lipinski definition) is 2. The quantitative estimate of drug-likeness (QED) is 0.155. The molecule has 28 aromatic rings. The molecule has 33 rings (SSSR count). The molecule has 2 spiro atoms. The standard InChI is InChI=1S/C64H8O2/c1-3-62(2,65)66-64-60-54-48-38-26-18-10-6-4-5-8-12(10)20(26)30-24-16(8)17-9(5)13-11-7(4)15-14(6)22-28(18)36-42-32(22)33-23(15)29-19(11)27-21(13)31-25(17)35-34(24)46(40(30)48)56(60)57-47(35)41(31)49-39(27)45-37(29)43(33)51-50(42)58(52(54)44(36)38)63(3,64)59(51)53(45)55(49)61(57)64/h3,65H,1-2H3/t3-,62-,63?,64?/m0/s1. The Kier molecular flexibility index (Phi) is 1.87. The van der Waals surface area contributed by atoms with E-state index in [1.807, 2.05) is 0 Å². The van der Waals surface area contributed by atoms with Crippen molar-refractivity contribution in [1.82, 2.24) is 0 Å². The second-order valence-electron chi connectivity index (χ2n) is 25.1. The molecule has 0 bridgehead atoms. The lowest BCUT2D eigenvalue weighted by Crippen LogP contribution is -2.51. The molecule has 2 nitrogen and oxygen atoms in total. The zero-order chi connectivity index (χ0) is 39.3. The van der Waals surface area contributed by atoms with E-state index >= 15 is 0 Å². The molecule has 1 saturated heterocycles. The van der Waals surface area contributed by atoms with E-state index in [1.165, 1.54) is 32.7 Å². The summed E-state index contributed by atoms with van der Waals surface area (Å²) in [4.78, 5) is 0. The van der Waals surface area contributed by atoms with Crippen LogP contribution in [0.4, 0.5) is 0 Å². The maximum atomic E-state index is 13.5. The summed E-state index contributed by atoms with van der Waals surface area (Å²) in [5, 5.41) is 99.5. The molecule has 1 fully saturated rings. The fourth-order valence-corrected chi connectivity index (χ4v) is 25.0. The molecule has 28 aromatic carbocycles. The van der Waals surface area contributed by atoms with E-state index in [0.717, 1.165) is 0 Å². The summed E-state index contributed by atoms with van der Waals surface area (Å²) in [5.74, 6) is -1.53. The Morgan fingerprint density at radius 1 is 0.242 bits per heavy atom. The van der Waals surface area contributed by atoms with Crippen molar-refractivity contribution in [3.8, 4) is 0 Å². The summed E-state index contributed by atoms with van der Waals surface area (Å²) >= 11 is 0. The van der Waals surface area contributed by atoms with Gasteiger partial charge in [0.15, 0.2) is 5.79 Å². The molecule has 66 heavy (non-hydrogen) atoms. The molecule has 1 heterocycles. The summed E-state index contributed by atoms with van der Waals surface area (Å²) in [6.45, 7) is 4.50. The van der Waals surface area contributed by atoms with Gasteiger partial charge in [-0.2, -0.15) is 0 Å². The molecule has 2 heteroatoms. The van der Waals surface area contributed by atoms with Crippen molar-refractivity contribution in [3.63, 3.8) is 0 Å². The number of aliphatic hydroxyl groups is 1. The molecule has 4 aliphatic carbocycles. The van der Waals surface area contributed by atoms with Gasteiger partial charge < -0.3 is 9.84 Å². The van der Waals surface area contributed by atoms with Gasteiger partial charge in [-0.05, 0) is 309 Å². The molecular formula is C64H8O2. The van der Waals surface area contributed by atoms with E-state index in [0.29, 0.717) is 0 Å². The van der Waals surface area contributed by atoms with Gasteiger partial charge >= 0.3 is 0 Å². The van der Waals surface area contributed by atoms with E-state index in [2.05, 4.69) is 13.8 Å². The number of hydrogen-bond donors (Lipinski definition) is 1. The van der Waals surface area contributed by atoms with Gasteiger partial charge in [-0.3, -0.25) is 0 Å². The van der Waals surface area contributed by atoms with Crippen molar-refractivity contribution in [2.45, 2.75) is 30.7 Å². The van der Waals surface area contributed by atoms with Crippen molar-refractivity contribution in [1.29, 1.82) is 0 Å². The smallest absolute Gasteiger partial charge is 0.168 e. The minimum atomic E-state index is -1.35. The predicted molar refractivity (Wildman–Crippen MR) is 275 cm³/mol. The minimum absolute atomic E-state index is 0.180. The molecule has 0 amide bonds. The van der Waals surface area contributed by atoms with Crippen LogP contribution in [0.25, 0.3) is 291 Å². The van der Waals surface area contributed by atoms with Crippen LogP contribution in [0.15, 0.2) is 0 Å². The monoisotopic (exact) mass is 808 g/mol. The van der Waals surface area contributed by atoms with Gasteiger partial charge in [-0.1, -0.05) is 6.92 Å². The van der Waals surface area contributed by atoms with Crippen molar-refractivity contribution >= 4 is 291 Å². The molecule has 276 valence electrons. The van der Waals surface area contributed by atoms with Crippen LogP contribution < -0.4 is 0 Å². The third-order valence-electron chi connectivity index (χ3n) is 25.1. The molecule has 5 aliphatic rings. The van der Waals surface area contributed by atoms with Crippen LogP contribution in [-0.4, -0.2) is 10.9 Å². The third-order valence-corrected chi connectivity index (χ3v) is 25.1. The van der Waals surface area contributed by atoms with Crippen LogP contribution in [-0.2, 0) is 15.8 Å². The second kappa shape index (κ2) is 5.14. The molecule has 0 saturated carbocycles. The van der Waals surface area contributed by atoms with Crippen LogP contribution in [0.2, 0.25) is 0 Å². The Balaban J connectivity index is 1.27. The topological polar surface area (TPSA) is 29.5 Å². The highest BCUT2D eigenvalue weighted by Crippen LogP contribution is 2.87. The van der Waals surface area contributed by atoms with Gasteiger partial charge in [-0.25, -0.2) is 0 Å². The fourth-order valence-electron chi connectivity index (χ4n) is 25.0. The van der Waals surface area contributed by atoms with E-state index in [-0.39, 0.29) is 5.92 Å². The average Bonchev–Trinajstić information content (AvgIpc) is 4.16. The third kappa shape index (κ3) is 1.18. The highest BCUT2D eigenvalue weighted by Gasteiger charge is 2.79. The number of ether oxygens (including phenoxy) is 1. The average molecular weight is 809 g/mol. The van der Waals surface area contributed by atoms with E-state index in [1.54, 1.807) is 280 Å². The summed E-state index contributed by atoms with van der Waals surface area (Å²) in [6, 6.07) is 0. The minimum Gasteiger partial charge on any atom is -0.365 e. The Morgan fingerprint density at radius 2 is 0.379 bits per heavy atom. The van der Waals surface area contributed by atoms with Gasteiger partial charge in [0.25, 0.3) is 0 Å². The Labute approximate surface area is 357 Å². The van der Waals surface area contributed by atoms with Gasteiger partial charge in [-0.15, -0.1) is 0 Å². The lowest BCUT2D eigenvalue weighted by atomic mass is 9.51. The van der Waals surface area contributed by atoms with Gasteiger partial charge in [0, 0.05) is 17.0 Å². The zero-order valence-corrected chi connectivity index (χ0v) is 33.9. The molecule has 0 radical (unpaired) electrons. The lowest BCUT2D eigenvalue weighted by Gasteiger charge is -2.50. The van der Waals surface area contributed by atoms with Gasteiger partial charge in [0.2, 0.25) is 0 Å². The highest BCUT2D eigenvalue weighted by atomic mass is 16.6. The first kappa shape index (κ1) is 24.1. The number of benzene rings is 18.